The van der Waals surface area contributed by atoms with Gasteiger partial charge in [-0.3, -0.25) is 4.79 Å². The van der Waals surface area contributed by atoms with Gasteiger partial charge in [-0.2, -0.15) is 13.2 Å². The van der Waals surface area contributed by atoms with Crippen LogP contribution in [0.1, 0.15) is 54.2 Å². The number of aliphatic carboxylic acids is 1. The van der Waals surface area contributed by atoms with E-state index < -0.39 is 35.7 Å². The molecule has 0 saturated carbocycles. The number of hydrogen-bond donors (Lipinski definition) is 1. The SMILES string of the molecule is CCOC(CC(=O)O)c1ccc(OC2CCc3c2ccc(F)c3C(F)(F)F)cc1. The number of hydrogen-bond acceptors (Lipinski definition) is 3. The normalized spacial score (nSPS) is 17.1. The van der Waals surface area contributed by atoms with Crippen LogP contribution in [0.4, 0.5) is 17.6 Å². The van der Waals surface area contributed by atoms with Gasteiger partial charge in [-0.25, -0.2) is 4.39 Å². The van der Waals surface area contributed by atoms with Gasteiger partial charge in [0.1, 0.15) is 17.7 Å². The first-order valence-electron chi connectivity index (χ1n) is 9.19. The van der Waals surface area contributed by atoms with Crippen LogP contribution < -0.4 is 4.74 Å². The van der Waals surface area contributed by atoms with Crippen LogP contribution in [0.5, 0.6) is 5.75 Å². The van der Waals surface area contributed by atoms with Crippen LogP contribution in [0, 0.1) is 5.82 Å². The minimum Gasteiger partial charge on any atom is -0.486 e. The third-order valence-corrected chi connectivity index (χ3v) is 4.84. The van der Waals surface area contributed by atoms with Crippen LogP contribution >= 0.6 is 0 Å². The second kappa shape index (κ2) is 8.41. The molecular formula is C21H20F4O4. The van der Waals surface area contributed by atoms with Gasteiger partial charge in [0.2, 0.25) is 0 Å². The van der Waals surface area contributed by atoms with Gasteiger partial charge < -0.3 is 14.6 Å². The Morgan fingerprint density at radius 1 is 1.21 bits per heavy atom. The molecule has 0 fully saturated rings. The van der Waals surface area contributed by atoms with Crippen molar-refractivity contribution < 1.29 is 36.9 Å². The van der Waals surface area contributed by atoms with E-state index in [2.05, 4.69) is 0 Å². The molecule has 29 heavy (non-hydrogen) atoms. The number of carboxylic acid groups (broad SMARTS) is 1. The monoisotopic (exact) mass is 412 g/mol. The zero-order valence-corrected chi connectivity index (χ0v) is 15.6. The van der Waals surface area contributed by atoms with E-state index in [1.807, 2.05) is 0 Å². The Morgan fingerprint density at radius 3 is 2.48 bits per heavy atom. The lowest BCUT2D eigenvalue weighted by Gasteiger charge is -2.18. The maximum absolute atomic E-state index is 13.8. The van der Waals surface area contributed by atoms with E-state index in [9.17, 15) is 22.4 Å². The summed E-state index contributed by atoms with van der Waals surface area (Å²) in [6.45, 7) is 2.12. The molecule has 2 unspecified atom stereocenters. The van der Waals surface area contributed by atoms with Crippen molar-refractivity contribution in [2.45, 2.75) is 44.6 Å². The van der Waals surface area contributed by atoms with Crippen molar-refractivity contribution in [2.24, 2.45) is 0 Å². The van der Waals surface area contributed by atoms with Crippen LogP contribution in [0.3, 0.4) is 0 Å². The van der Waals surface area contributed by atoms with Crippen LogP contribution in [-0.4, -0.2) is 17.7 Å². The van der Waals surface area contributed by atoms with Gasteiger partial charge in [0.25, 0.3) is 0 Å². The van der Waals surface area contributed by atoms with Crippen LogP contribution in [0.15, 0.2) is 36.4 Å². The zero-order valence-electron chi connectivity index (χ0n) is 15.6. The zero-order chi connectivity index (χ0) is 21.2. The third-order valence-electron chi connectivity index (χ3n) is 4.84. The van der Waals surface area contributed by atoms with Crippen molar-refractivity contribution in [2.75, 3.05) is 6.61 Å². The highest BCUT2D eigenvalue weighted by molar-refractivity contribution is 5.67. The molecule has 0 radical (unpaired) electrons. The first-order chi connectivity index (χ1) is 13.7. The number of ether oxygens (including phenoxy) is 2. The summed E-state index contributed by atoms with van der Waals surface area (Å²) >= 11 is 0. The predicted molar refractivity (Wildman–Crippen MR) is 96.2 cm³/mol. The maximum Gasteiger partial charge on any atom is 0.419 e. The molecule has 156 valence electrons. The average Bonchev–Trinajstić information content (AvgIpc) is 3.03. The number of rotatable bonds is 7. The van der Waals surface area contributed by atoms with Crippen molar-refractivity contribution in [1.29, 1.82) is 0 Å². The molecule has 1 N–H and O–H groups in total. The van der Waals surface area contributed by atoms with E-state index in [-0.39, 0.29) is 18.4 Å². The fraction of sp³-hybridized carbons (Fsp3) is 0.381. The summed E-state index contributed by atoms with van der Waals surface area (Å²) in [5.74, 6) is -1.84. The Balaban J connectivity index is 1.79. The second-order valence-corrected chi connectivity index (χ2v) is 6.74. The molecule has 2 atom stereocenters. The molecule has 8 heteroatoms. The topological polar surface area (TPSA) is 55.8 Å². The van der Waals surface area contributed by atoms with Crippen molar-refractivity contribution in [3.63, 3.8) is 0 Å². The smallest absolute Gasteiger partial charge is 0.419 e. The number of alkyl halides is 3. The third kappa shape index (κ3) is 4.70. The number of halogens is 4. The van der Waals surface area contributed by atoms with Gasteiger partial charge >= 0.3 is 12.1 Å². The number of benzene rings is 2. The fourth-order valence-corrected chi connectivity index (χ4v) is 3.62. The largest absolute Gasteiger partial charge is 0.486 e. The lowest BCUT2D eigenvalue weighted by Crippen LogP contribution is -2.13. The molecule has 3 rings (SSSR count). The summed E-state index contributed by atoms with van der Waals surface area (Å²) < 4.78 is 64.6. The molecular weight excluding hydrogens is 392 g/mol. The van der Waals surface area contributed by atoms with Gasteiger partial charge in [-0.15, -0.1) is 0 Å². The average molecular weight is 412 g/mol. The molecule has 1 aliphatic rings. The standard InChI is InChI=1S/C21H20F4O4/c1-2-28-18(11-19(26)27)12-3-5-13(6-4-12)29-17-10-8-15-14(17)7-9-16(22)20(15)21(23,24)25/h3-7,9,17-18H,2,8,10-11H2,1H3,(H,26,27). The first kappa shape index (κ1) is 21.1. The lowest BCUT2D eigenvalue weighted by molar-refractivity contribution is -0.141. The lowest BCUT2D eigenvalue weighted by atomic mass is 10.0. The van der Waals surface area contributed by atoms with E-state index >= 15 is 0 Å². The van der Waals surface area contributed by atoms with Gasteiger partial charge in [0.15, 0.2) is 0 Å². The summed E-state index contributed by atoms with van der Waals surface area (Å²) in [7, 11) is 0. The number of carboxylic acids is 1. The first-order valence-corrected chi connectivity index (χ1v) is 9.19. The summed E-state index contributed by atoms with van der Waals surface area (Å²) in [4.78, 5) is 11.0. The van der Waals surface area contributed by atoms with E-state index in [1.54, 1.807) is 31.2 Å². The Bertz CT molecular complexity index is 877. The highest BCUT2D eigenvalue weighted by Crippen LogP contribution is 2.43. The van der Waals surface area contributed by atoms with Crippen molar-refractivity contribution >= 4 is 5.97 Å². The Morgan fingerprint density at radius 2 is 1.90 bits per heavy atom. The molecule has 0 aliphatic heterocycles. The van der Waals surface area contributed by atoms with Crippen LogP contribution in [0.25, 0.3) is 0 Å². The van der Waals surface area contributed by atoms with Crippen LogP contribution in [0.2, 0.25) is 0 Å². The molecule has 0 heterocycles. The minimum absolute atomic E-state index is 0.0583. The summed E-state index contributed by atoms with van der Waals surface area (Å²) in [6, 6.07) is 8.74. The number of carbonyl (C=O) groups is 1. The maximum atomic E-state index is 13.8. The van der Waals surface area contributed by atoms with E-state index in [0.29, 0.717) is 29.9 Å². The molecule has 4 nitrogen and oxygen atoms in total. The molecule has 2 aromatic rings. The molecule has 0 aromatic heterocycles. The highest BCUT2D eigenvalue weighted by atomic mass is 19.4. The quantitative estimate of drug-likeness (QED) is 0.614. The Hall–Kier alpha value is -2.61. The van der Waals surface area contributed by atoms with Gasteiger partial charge in [0.05, 0.1) is 18.1 Å². The summed E-state index contributed by atoms with van der Waals surface area (Å²) in [6.07, 6.45) is -5.77. The van der Waals surface area contributed by atoms with Crippen molar-refractivity contribution in [1.82, 2.24) is 0 Å². The molecule has 2 aromatic carbocycles. The minimum atomic E-state index is -4.76. The van der Waals surface area contributed by atoms with Gasteiger partial charge in [0, 0.05) is 6.61 Å². The molecule has 0 spiro atoms. The van der Waals surface area contributed by atoms with E-state index in [1.165, 1.54) is 6.07 Å². The Labute approximate surface area is 165 Å². The fourth-order valence-electron chi connectivity index (χ4n) is 3.62. The van der Waals surface area contributed by atoms with Gasteiger partial charge in [-0.05, 0) is 54.7 Å². The molecule has 1 aliphatic carbocycles. The second-order valence-electron chi connectivity index (χ2n) is 6.74. The van der Waals surface area contributed by atoms with E-state index in [4.69, 9.17) is 14.6 Å². The van der Waals surface area contributed by atoms with Crippen molar-refractivity contribution in [3.8, 4) is 5.75 Å². The molecule has 0 amide bonds. The summed E-state index contributed by atoms with van der Waals surface area (Å²) in [5.41, 5.74) is -0.280. The highest BCUT2D eigenvalue weighted by Gasteiger charge is 2.40. The molecule has 0 bridgehead atoms. The molecule has 0 saturated heterocycles. The van der Waals surface area contributed by atoms with Crippen LogP contribution in [-0.2, 0) is 22.1 Å². The number of fused-ring (bicyclic) bond motifs is 1. The predicted octanol–water partition coefficient (Wildman–Crippen LogP) is 5.46. The van der Waals surface area contributed by atoms with Crippen molar-refractivity contribution in [3.05, 3.63) is 64.5 Å². The summed E-state index contributed by atoms with van der Waals surface area (Å²) in [5, 5.41) is 9.00. The van der Waals surface area contributed by atoms with Gasteiger partial charge in [-0.1, -0.05) is 18.2 Å². The van der Waals surface area contributed by atoms with E-state index in [0.717, 1.165) is 6.07 Å². The Kier molecular flexibility index (Phi) is 6.12.